The van der Waals surface area contributed by atoms with E-state index >= 15 is 0 Å². The molecule has 1 aliphatic rings. The Hall–Kier alpha value is -3.04. The molecule has 156 valence electrons. The summed E-state index contributed by atoms with van der Waals surface area (Å²) in [5.41, 5.74) is 2.67. The summed E-state index contributed by atoms with van der Waals surface area (Å²) >= 11 is 0. The summed E-state index contributed by atoms with van der Waals surface area (Å²) in [7, 11) is -3.73. The zero-order valence-electron chi connectivity index (χ0n) is 16.2. The van der Waals surface area contributed by atoms with Crippen molar-refractivity contribution in [3.63, 3.8) is 0 Å². The molecule has 9 heteroatoms. The van der Waals surface area contributed by atoms with Gasteiger partial charge in [0.05, 0.1) is 31.7 Å². The van der Waals surface area contributed by atoms with Crippen molar-refractivity contribution in [3.8, 4) is 17.0 Å². The van der Waals surface area contributed by atoms with E-state index in [-0.39, 0.29) is 17.9 Å². The van der Waals surface area contributed by atoms with Gasteiger partial charge in [0.2, 0.25) is 0 Å². The van der Waals surface area contributed by atoms with Crippen molar-refractivity contribution in [3.05, 3.63) is 81.4 Å². The topological polar surface area (TPSA) is 87.5 Å². The molecule has 0 radical (unpaired) electrons. The zero-order valence-corrected chi connectivity index (χ0v) is 17.0. The Bertz CT molecular complexity index is 1250. The number of ether oxygens (including phenoxy) is 1. The maximum atomic E-state index is 13.2. The molecule has 0 spiro atoms. The second kappa shape index (κ2) is 8.00. The van der Waals surface area contributed by atoms with E-state index in [1.807, 2.05) is 18.2 Å². The summed E-state index contributed by atoms with van der Waals surface area (Å²) in [6, 6.07) is 12.9. The molecule has 2 aromatic carbocycles. The predicted molar refractivity (Wildman–Crippen MR) is 108 cm³/mol. The number of rotatable bonds is 6. The van der Waals surface area contributed by atoms with Crippen LogP contribution in [0.1, 0.15) is 16.7 Å². The maximum Gasteiger partial charge on any atom is 0.272 e. The summed E-state index contributed by atoms with van der Waals surface area (Å²) < 4.78 is 47.6. The first-order chi connectivity index (χ1) is 14.3. The van der Waals surface area contributed by atoms with Crippen molar-refractivity contribution in [1.82, 2.24) is 9.78 Å². The Labute approximate surface area is 172 Å². The fraction of sp³-hybridized carbons (Fsp3) is 0.238. The molecule has 0 bridgehead atoms. The zero-order chi connectivity index (χ0) is 21.3. The van der Waals surface area contributed by atoms with Crippen LogP contribution in [-0.4, -0.2) is 31.1 Å². The number of hydrogen-bond acceptors (Lipinski definition) is 6. The van der Waals surface area contributed by atoms with E-state index < -0.39 is 22.3 Å². The fourth-order valence-electron chi connectivity index (χ4n) is 3.23. The minimum Gasteiger partial charge on any atom is -0.493 e. The molecule has 0 N–H and O–H groups in total. The molecule has 0 amide bonds. The number of nitrogens with zero attached hydrogens (tertiary/aromatic N) is 2. The quantitative estimate of drug-likeness (QED) is 0.559. The van der Waals surface area contributed by atoms with Crippen LogP contribution in [-0.2, 0) is 33.9 Å². The standard InChI is InChI=1S/C21H19FN2O5S/c1-30(26,27)29-13-17-11-19(15-4-7-20-16(10-15)8-9-28-20)23-24(21(17)25)12-14-2-5-18(22)6-3-14/h2-7,10-11H,8-9,12-13H2,1H3. The molecule has 0 saturated heterocycles. The van der Waals surface area contributed by atoms with Crippen LogP contribution in [0.5, 0.6) is 5.75 Å². The molecule has 4 rings (SSSR count). The third-order valence-corrected chi connectivity index (χ3v) is 5.25. The predicted octanol–water partition coefficient (Wildman–Crippen LogP) is 2.51. The van der Waals surface area contributed by atoms with Gasteiger partial charge in [-0.1, -0.05) is 12.1 Å². The summed E-state index contributed by atoms with van der Waals surface area (Å²) in [5, 5.41) is 4.46. The minimum atomic E-state index is -3.73. The molecule has 1 aliphatic heterocycles. The normalized spacial score (nSPS) is 13.1. The van der Waals surface area contributed by atoms with E-state index in [1.54, 1.807) is 12.1 Å². The van der Waals surface area contributed by atoms with Gasteiger partial charge in [-0.15, -0.1) is 0 Å². The number of benzene rings is 2. The fourth-order valence-corrected chi connectivity index (χ4v) is 3.57. The van der Waals surface area contributed by atoms with E-state index in [2.05, 4.69) is 5.10 Å². The van der Waals surface area contributed by atoms with Crippen molar-refractivity contribution in [2.75, 3.05) is 12.9 Å². The Kier molecular flexibility index (Phi) is 5.40. The van der Waals surface area contributed by atoms with Gasteiger partial charge in [-0.2, -0.15) is 13.5 Å². The van der Waals surface area contributed by atoms with Gasteiger partial charge in [0, 0.05) is 17.5 Å². The maximum absolute atomic E-state index is 13.2. The first-order valence-corrected chi connectivity index (χ1v) is 11.1. The minimum absolute atomic E-state index is 0.104. The van der Waals surface area contributed by atoms with E-state index in [4.69, 9.17) is 8.92 Å². The van der Waals surface area contributed by atoms with Crippen LogP contribution in [0.3, 0.4) is 0 Å². The van der Waals surface area contributed by atoms with Gasteiger partial charge in [-0.3, -0.25) is 8.98 Å². The summed E-state index contributed by atoms with van der Waals surface area (Å²) in [4.78, 5) is 12.9. The molecule has 3 aromatic rings. The summed E-state index contributed by atoms with van der Waals surface area (Å²) in [6.07, 6.45) is 1.70. The van der Waals surface area contributed by atoms with Crippen LogP contribution in [0.25, 0.3) is 11.3 Å². The second-order valence-electron chi connectivity index (χ2n) is 7.03. The number of fused-ring (bicyclic) bond motifs is 1. The Morgan fingerprint density at radius 1 is 1.17 bits per heavy atom. The first-order valence-electron chi connectivity index (χ1n) is 9.24. The van der Waals surface area contributed by atoms with Crippen LogP contribution in [0.4, 0.5) is 4.39 Å². The monoisotopic (exact) mass is 430 g/mol. The highest BCUT2D eigenvalue weighted by atomic mass is 32.2. The molecule has 0 aliphatic carbocycles. The van der Waals surface area contributed by atoms with Crippen LogP contribution >= 0.6 is 0 Å². The van der Waals surface area contributed by atoms with Crippen LogP contribution in [0, 0.1) is 5.82 Å². The van der Waals surface area contributed by atoms with Gasteiger partial charge in [-0.05, 0) is 47.5 Å². The highest BCUT2D eigenvalue weighted by molar-refractivity contribution is 7.85. The lowest BCUT2D eigenvalue weighted by molar-refractivity contribution is 0.308. The number of hydrogen-bond donors (Lipinski definition) is 0. The van der Waals surface area contributed by atoms with Gasteiger partial charge in [0.1, 0.15) is 11.6 Å². The van der Waals surface area contributed by atoms with Gasteiger partial charge in [0.15, 0.2) is 0 Å². The number of aromatic nitrogens is 2. The van der Waals surface area contributed by atoms with Gasteiger partial charge in [0.25, 0.3) is 15.7 Å². The average molecular weight is 430 g/mol. The lowest BCUT2D eigenvalue weighted by Crippen LogP contribution is -2.28. The van der Waals surface area contributed by atoms with Crippen LogP contribution in [0.2, 0.25) is 0 Å². The Balaban J connectivity index is 1.76. The first kappa shape index (κ1) is 20.2. The van der Waals surface area contributed by atoms with Crippen molar-refractivity contribution >= 4 is 10.1 Å². The van der Waals surface area contributed by atoms with Crippen molar-refractivity contribution in [2.45, 2.75) is 19.6 Å². The molecular weight excluding hydrogens is 411 g/mol. The molecular formula is C21H19FN2O5S. The lowest BCUT2D eigenvalue weighted by Gasteiger charge is -2.12. The molecule has 0 atom stereocenters. The van der Waals surface area contributed by atoms with Crippen LogP contribution < -0.4 is 10.3 Å². The Morgan fingerprint density at radius 2 is 1.93 bits per heavy atom. The lowest BCUT2D eigenvalue weighted by atomic mass is 10.1. The highest BCUT2D eigenvalue weighted by Crippen LogP contribution is 2.29. The molecule has 1 aromatic heterocycles. The molecule has 30 heavy (non-hydrogen) atoms. The average Bonchev–Trinajstić information content (AvgIpc) is 3.17. The summed E-state index contributed by atoms with van der Waals surface area (Å²) in [5.74, 6) is 0.439. The smallest absolute Gasteiger partial charge is 0.272 e. The van der Waals surface area contributed by atoms with Gasteiger partial charge < -0.3 is 4.74 Å². The van der Waals surface area contributed by atoms with Gasteiger partial charge in [-0.25, -0.2) is 9.07 Å². The SMILES string of the molecule is CS(=O)(=O)OCc1cc(-c2ccc3c(c2)CCO3)nn(Cc2ccc(F)cc2)c1=O. The molecule has 7 nitrogen and oxygen atoms in total. The van der Waals surface area contributed by atoms with E-state index in [0.717, 1.165) is 29.6 Å². The van der Waals surface area contributed by atoms with Crippen molar-refractivity contribution < 1.29 is 21.7 Å². The molecule has 0 unspecified atom stereocenters. The molecule has 0 fully saturated rings. The van der Waals surface area contributed by atoms with E-state index in [0.29, 0.717) is 17.9 Å². The number of halogens is 1. The Morgan fingerprint density at radius 3 is 2.67 bits per heavy atom. The van der Waals surface area contributed by atoms with Crippen LogP contribution in [0.15, 0.2) is 53.3 Å². The summed E-state index contributed by atoms with van der Waals surface area (Å²) in [6.45, 7) is 0.321. The molecule has 0 saturated carbocycles. The largest absolute Gasteiger partial charge is 0.493 e. The second-order valence-corrected chi connectivity index (χ2v) is 8.68. The van der Waals surface area contributed by atoms with Gasteiger partial charge >= 0.3 is 0 Å². The third kappa shape index (κ3) is 4.58. The van der Waals surface area contributed by atoms with E-state index in [1.165, 1.54) is 22.9 Å². The van der Waals surface area contributed by atoms with Crippen molar-refractivity contribution in [1.29, 1.82) is 0 Å². The third-order valence-electron chi connectivity index (χ3n) is 4.71. The molecule has 2 heterocycles. The van der Waals surface area contributed by atoms with Crippen molar-refractivity contribution in [2.24, 2.45) is 0 Å². The van der Waals surface area contributed by atoms with E-state index in [9.17, 15) is 17.6 Å². The highest BCUT2D eigenvalue weighted by Gasteiger charge is 2.16.